The number of nitrogens with zero attached hydrogens (tertiary/aromatic N) is 3. The van der Waals surface area contributed by atoms with Crippen molar-refractivity contribution in [3.8, 4) is 6.07 Å². The minimum absolute atomic E-state index is 0.0399. The fourth-order valence-corrected chi connectivity index (χ4v) is 5.72. The molecule has 2 heterocycles. The molecule has 9 heteroatoms. The molecule has 1 aromatic rings. The smallest absolute Gasteiger partial charge is 0.372 e. The topological polar surface area (TPSA) is 76.4 Å². The first kappa shape index (κ1) is 24.0. The van der Waals surface area contributed by atoms with Gasteiger partial charge in [-0.25, -0.2) is 0 Å². The van der Waals surface area contributed by atoms with Gasteiger partial charge in [-0.05, 0) is 68.6 Å². The third-order valence-corrected chi connectivity index (χ3v) is 8.37. The lowest BCUT2D eigenvalue weighted by Gasteiger charge is -2.37. The van der Waals surface area contributed by atoms with Crippen LogP contribution in [0.2, 0.25) is 0 Å². The van der Waals surface area contributed by atoms with Gasteiger partial charge in [0.25, 0.3) is 0 Å². The first-order valence-corrected chi connectivity index (χ1v) is 12.5. The number of benzene rings is 1. The standard InChI is InChI=1S/C26H31F3N4O2/c1-25(8-9-25)24(35)33-14-20(21(15-33)23(34)31-18-3-4-18)16-6-10-32(11-7-16)19-5-2-17(13-30)22(12-19)26(27,28)29/h2,5,12,16,18,20-21H,3-4,6-11,14-15H2,1H3,(H,31,34). The number of hydrogen-bond donors (Lipinski definition) is 1. The minimum atomic E-state index is -4.58. The predicted molar refractivity (Wildman–Crippen MR) is 123 cm³/mol. The Labute approximate surface area is 203 Å². The highest BCUT2D eigenvalue weighted by Crippen LogP contribution is 2.48. The fourth-order valence-electron chi connectivity index (χ4n) is 5.72. The van der Waals surface area contributed by atoms with Crippen molar-refractivity contribution < 1.29 is 22.8 Å². The van der Waals surface area contributed by atoms with Crippen LogP contribution < -0.4 is 10.2 Å². The highest BCUT2D eigenvalue weighted by Gasteiger charge is 2.52. The van der Waals surface area contributed by atoms with E-state index in [1.807, 2.05) is 16.7 Å². The van der Waals surface area contributed by atoms with E-state index in [4.69, 9.17) is 5.26 Å². The monoisotopic (exact) mass is 488 g/mol. The van der Waals surface area contributed by atoms with E-state index < -0.39 is 11.7 Å². The molecule has 4 fully saturated rings. The molecule has 35 heavy (non-hydrogen) atoms. The zero-order valence-electron chi connectivity index (χ0n) is 19.9. The van der Waals surface area contributed by atoms with Crippen LogP contribution in [0.15, 0.2) is 18.2 Å². The van der Waals surface area contributed by atoms with Crippen molar-refractivity contribution in [2.75, 3.05) is 31.1 Å². The van der Waals surface area contributed by atoms with Crippen LogP contribution in [0.5, 0.6) is 0 Å². The van der Waals surface area contributed by atoms with Crippen molar-refractivity contribution in [2.24, 2.45) is 23.2 Å². The number of nitrogens with one attached hydrogen (secondary N) is 1. The van der Waals surface area contributed by atoms with Crippen LogP contribution in [-0.4, -0.2) is 48.9 Å². The molecule has 2 saturated carbocycles. The molecule has 5 rings (SSSR count). The van der Waals surface area contributed by atoms with Crippen LogP contribution in [0, 0.1) is 34.5 Å². The summed E-state index contributed by atoms with van der Waals surface area (Å²) in [6.45, 7) is 4.19. The van der Waals surface area contributed by atoms with E-state index in [1.165, 1.54) is 6.07 Å². The van der Waals surface area contributed by atoms with Crippen LogP contribution in [0.1, 0.15) is 56.6 Å². The Bertz CT molecular complexity index is 1050. The average molecular weight is 489 g/mol. The molecule has 2 amide bonds. The van der Waals surface area contributed by atoms with Crippen molar-refractivity contribution in [2.45, 2.75) is 57.7 Å². The van der Waals surface area contributed by atoms with Crippen LogP contribution in [-0.2, 0) is 15.8 Å². The van der Waals surface area contributed by atoms with Crippen molar-refractivity contribution in [1.82, 2.24) is 10.2 Å². The lowest BCUT2D eigenvalue weighted by atomic mass is 9.78. The lowest BCUT2D eigenvalue weighted by molar-refractivity contribution is -0.138. The van der Waals surface area contributed by atoms with Gasteiger partial charge in [0.15, 0.2) is 0 Å². The van der Waals surface area contributed by atoms with Crippen molar-refractivity contribution in [1.29, 1.82) is 5.26 Å². The molecule has 0 bridgehead atoms. The molecule has 2 aliphatic carbocycles. The van der Waals surface area contributed by atoms with E-state index in [9.17, 15) is 22.8 Å². The summed E-state index contributed by atoms with van der Waals surface area (Å²) < 4.78 is 40.2. The summed E-state index contributed by atoms with van der Waals surface area (Å²) in [5, 5.41) is 12.2. The van der Waals surface area contributed by atoms with Crippen molar-refractivity contribution in [3.05, 3.63) is 29.3 Å². The molecule has 0 radical (unpaired) electrons. The second-order valence-electron chi connectivity index (χ2n) is 11.0. The van der Waals surface area contributed by atoms with Crippen molar-refractivity contribution in [3.63, 3.8) is 0 Å². The van der Waals surface area contributed by atoms with E-state index in [-0.39, 0.29) is 46.6 Å². The molecule has 188 valence electrons. The minimum Gasteiger partial charge on any atom is -0.372 e. The maximum atomic E-state index is 13.4. The Morgan fingerprint density at radius 1 is 1.11 bits per heavy atom. The van der Waals surface area contributed by atoms with E-state index in [0.29, 0.717) is 31.9 Å². The SMILES string of the molecule is CC1(C(=O)N2CC(C(=O)NC3CC3)C(C3CCN(c4ccc(C#N)c(C(F)(F)F)c4)CC3)C2)CC1. The van der Waals surface area contributed by atoms with E-state index >= 15 is 0 Å². The molecule has 2 atom stereocenters. The molecule has 1 aromatic carbocycles. The number of likely N-dealkylation sites (tertiary alicyclic amines) is 1. The van der Waals surface area contributed by atoms with Gasteiger partial charge < -0.3 is 15.1 Å². The second-order valence-corrected chi connectivity index (χ2v) is 11.0. The molecule has 6 nitrogen and oxygen atoms in total. The van der Waals surface area contributed by atoms with Crippen LogP contribution in [0.25, 0.3) is 0 Å². The molecule has 1 N–H and O–H groups in total. The number of rotatable bonds is 5. The van der Waals surface area contributed by atoms with Crippen LogP contribution in [0.3, 0.4) is 0 Å². The highest BCUT2D eigenvalue weighted by molar-refractivity contribution is 5.87. The third-order valence-electron chi connectivity index (χ3n) is 8.37. The molecule has 0 spiro atoms. The summed E-state index contributed by atoms with van der Waals surface area (Å²) in [6, 6.07) is 5.77. The summed E-state index contributed by atoms with van der Waals surface area (Å²) in [5.74, 6) is 0.252. The number of alkyl halides is 3. The average Bonchev–Trinajstić information content (AvgIpc) is 3.76. The molecular formula is C26H31F3N4O2. The van der Waals surface area contributed by atoms with Crippen LogP contribution >= 0.6 is 0 Å². The summed E-state index contributed by atoms with van der Waals surface area (Å²) in [6.07, 6.45) is 0.722. The Kier molecular flexibility index (Phi) is 5.97. The molecule has 2 unspecified atom stereocenters. The molecule has 2 saturated heterocycles. The Hall–Kier alpha value is -2.76. The van der Waals surface area contributed by atoms with Gasteiger partial charge in [-0.3, -0.25) is 9.59 Å². The molecular weight excluding hydrogens is 457 g/mol. The van der Waals surface area contributed by atoms with Gasteiger partial charge in [0.2, 0.25) is 11.8 Å². The maximum Gasteiger partial charge on any atom is 0.417 e. The summed E-state index contributed by atoms with van der Waals surface area (Å²) in [5.41, 5.74) is -1.10. The van der Waals surface area contributed by atoms with Gasteiger partial charge >= 0.3 is 6.18 Å². The zero-order chi connectivity index (χ0) is 25.0. The van der Waals surface area contributed by atoms with Gasteiger partial charge in [-0.15, -0.1) is 0 Å². The summed E-state index contributed by atoms with van der Waals surface area (Å²) >= 11 is 0. The van der Waals surface area contributed by atoms with Gasteiger partial charge in [0, 0.05) is 43.3 Å². The zero-order valence-corrected chi connectivity index (χ0v) is 19.9. The highest BCUT2D eigenvalue weighted by atomic mass is 19.4. The number of carbonyl (C=O) groups excluding carboxylic acids is 2. The number of carbonyl (C=O) groups is 2. The van der Waals surface area contributed by atoms with Gasteiger partial charge in [-0.2, -0.15) is 18.4 Å². The largest absolute Gasteiger partial charge is 0.417 e. The lowest BCUT2D eigenvalue weighted by Crippen LogP contribution is -2.42. The number of piperidine rings is 1. The quantitative estimate of drug-likeness (QED) is 0.681. The first-order chi connectivity index (χ1) is 16.6. The summed E-state index contributed by atoms with van der Waals surface area (Å²) in [7, 11) is 0. The van der Waals surface area contributed by atoms with E-state index in [2.05, 4.69) is 5.32 Å². The van der Waals surface area contributed by atoms with E-state index in [1.54, 1.807) is 12.1 Å². The maximum absolute atomic E-state index is 13.4. The number of halogens is 3. The molecule has 2 aliphatic heterocycles. The number of hydrogen-bond acceptors (Lipinski definition) is 4. The Morgan fingerprint density at radius 2 is 1.80 bits per heavy atom. The molecule has 0 aromatic heterocycles. The number of nitriles is 1. The first-order valence-electron chi connectivity index (χ1n) is 12.5. The number of amides is 2. The molecule has 4 aliphatic rings. The van der Waals surface area contributed by atoms with Gasteiger partial charge in [0.05, 0.1) is 23.1 Å². The third kappa shape index (κ3) is 4.85. The Balaban J connectivity index is 1.28. The number of anilines is 1. The van der Waals surface area contributed by atoms with E-state index in [0.717, 1.165) is 44.6 Å². The Morgan fingerprint density at radius 3 is 2.37 bits per heavy atom. The van der Waals surface area contributed by atoms with Crippen LogP contribution in [0.4, 0.5) is 18.9 Å². The van der Waals surface area contributed by atoms with Crippen molar-refractivity contribution >= 4 is 17.5 Å². The van der Waals surface area contributed by atoms with Gasteiger partial charge in [-0.1, -0.05) is 6.92 Å². The summed E-state index contributed by atoms with van der Waals surface area (Å²) in [4.78, 5) is 29.9. The second kappa shape index (κ2) is 8.72. The fraction of sp³-hybridized carbons (Fsp3) is 0.654. The normalized spacial score (nSPS) is 26.4. The van der Waals surface area contributed by atoms with Gasteiger partial charge in [0.1, 0.15) is 0 Å². The predicted octanol–water partition coefficient (Wildman–Crippen LogP) is 3.95.